The van der Waals surface area contributed by atoms with Gasteiger partial charge in [-0.05, 0) is 43.4 Å². The van der Waals surface area contributed by atoms with Crippen LogP contribution in [0.2, 0.25) is 0 Å². The summed E-state index contributed by atoms with van der Waals surface area (Å²) in [6, 6.07) is 9.15. The summed E-state index contributed by atoms with van der Waals surface area (Å²) in [7, 11) is 0. The predicted octanol–water partition coefficient (Wildman–Crippen LogP) is 2.60. The SMILES string of the molecule is C#CCOc1ccccc1C=NNC(=O)C(=O)Nc1sc2c(c1C#N)CCCC2. The van der Waals surface area contributed by atoms with E-state index < -0.39 is 11.8 Å². The Morgan fingerprint density at radius 1 is 1.28 bits per heavy atom. The van der Waals surface area contributed by atoms with Gasteiger partial charge in [-0.3, -0.25) is 9.59 Å². The van der Waals surface area contributed by atoms with Crippen molar-refractivity contribution in [3.8, 4) is 24.2 Å². The van der Waals surface area contributed by atoms with Gasteiger partial charge < -0.3 is 10.1 Å². The normalized spacial score (nSPS) is 12.5. The van der Waals surface area contributed by atoms with Gasteiger partial charge in [0.1, 0.15) is 23.4 Å². The van der Waals surface area contributed by atoms with Crippen molar-refractivity contribution in [1.82, 2.24) is 5.43 Å². The number of nitrogens with zero attached hydrogens (tertiary/aromatic N) is 2. The Bertz CT molecular complexity index is 1040. The van der Waals surface area contributed by atoms with Gasteiger partial charge >= 0.3 is 11.8 Å². The zero-order valence-corrected chi connectivity index (χ0v) is 16.3. The molecular weight excluding hydrogens is 388 g/mol. The van der Waals surface area contributed by atoms with Crippen LogP contribution < -0.4 is 15.5 Å². The number of aryl methyl sites for hydroxylation is 1. The van der Waals surface area contributed by atoms with Crippen LogP contribution in [-0.4, -0.2) is 24.6 Å². The summed E-state index contributed by atoms with van der Waals surface area (Å²) in [6.45, 7) is 0.103. The first-order chi connectivity index (χ1) is 14.1. The fourth-order valence-electron chi connectivity index (χ4n) is 2.98. The zero-order chi connectivity index (χ0) is 20.6. The summed E-state index contributed by atoms with van der Waals surface area (Å²) >= 11 is 1.36. The molecule has 7 nitrogen and oxygen atoms in total. The molecule has 146 valence electrons. The fourth-order valence-corrected chi connectivity index (χ4v) is 4.22. The van der Waals surface area contributed by atoms with E-state index >= 15 is 0 Å². The van der Waals surface area contributed by atoms with Crippen molar-refractivity contribution in [3.63, 3.8) is 0 Å². The number of nitriles is 1. The van der Waals surface area contributed by atoms with Crippen molar-refractivity contribution in [2.24, 2.45) is 5.10 Å². The lowest BCUT2D eigenvalue weighted by molar-refractivity contribution is -0.136. The van der Waals surface area contributed by atoms with Gasteiger partial charge in [-0.1, -0.05) is 18.1 Å². The van der Waals surface area contributed by atoms with Gasteiger partial charge in [0, 0.05) is 10.4 Å². The highest BCUT2D eigenvalue weighted by Gasteiger charge is 2.23. The van der Waals surface area contributed by atoms with E-state index in [4.69, 9.17) is 11.2 Å². The summed E-state index contributed by atoms with van der Waals surface area (Å²) in [4.78, 5) is 25.4. The van der Waals surface area contributed by atoms with Crippen LogP contribution in [0, 0.1) is 23.7 Å². The number of ether oxygens (including phenoxy) is 1. The molecule has 3 rings (SSSR count). The number of carbonyl (C=O) groups excluding carboxylic acids is 2. The highest BCUT2D eigenvalue weighted by Crippen LogP contribution is 2.37. The number of nitrogens with one attached hydrogen (secondary N) is 2. The number of anilines is 1. The van der Waals surface area contributed by atoms with Crippen LogP contribution in [0.25, 0.3) is 0 Å². The summed E-state index contributed by atoms with van der Waals surface area (Å²) in [5.41, 5.74) is 4.22. The van der Waals surface area contributed by atoms with Gasteiger partial charge in [-0.25, -0.2) is 5.43 Å². The molecular formula is C21H18N4O3S. The second-order valence-electron chi connectivity index (χ2n) is 6.21. The largest absolute Gasteiger partial charge is 0.480 e. The van der Waals surface area contributed by atoms with Crippen LogP contribution in [0.15, 0.2) is 29.4 Å². The molecule has 0 atom stereocenters. The minimum absolute atomic E-state index is 0.103. The Labute approximate surface area is 172 Å². The fraction of sp³-hybridized carbons (Fsp3) is 0.238. The van der Waals surface area contributed by atoms with Crippen molar-refractivity contribution < 1.29 is 14.3 Å². The number of terminal acetylenes is 1. The first kappa shape index (κ1) is 20.1. The molecule has 1 aromatic heterocycles. The number of hydrazone groups is 1. The molecule has 0 bridgehead atoms. The number of benzene rings is 1. The van der Waals surface area contributed by atoms with Crippen LogP contribution >= 0.6 is 11.3 Å². The number of hydrogen-bond acceptors (Lipinski definition) is 6. The van der Waals surface area contributed by atoms with Gasteiger partial charge in [-0.2, -0.15) is 10.4 Å². The van der Waals surface area contributed by atoms with E-state index in [9.17, 15) is 14.9 Å². The molecule has 0 unspecified atom stereocenters. The number of fused-ring (bicyclic) bond motifs is 1. The molecule has 2 N–H and O–H groups in total. The standard InChI is InChI=1S/C21H18N4O3S/c1-2-11-28-17-9-5-3-7-14(17)13-23-25-20(27)19(26)24-21-16(12-22)15-8-4-6-10-18(15)29-21/h1,3,5,7,9,13H,4,6,8,10-11H2,(H,24,26)(H,25,27). The second-order valence-corrected chi connectivity index (χ2v) is 7.32. The first-order valence-electron chi connectivity index (χ1n) is 8.98. The Balaban J connectivity index is 1.63. The van der Waals surface area contributed by atoms with Crippen molar-refractivity contribution in [2.45, 2.75) is 25.7 Å². The number of rotatable bonds is 5. The molecule has 1 heterocycles. The second kappa shape index (κ2) is 9.54. The zero-order valence-electron chi connectivity index (χ0n) is 15.5. The number of para-hydroxylation sites is 1. The minimum atomic E-state index is -0.932. The molecule has 1 aromatic carbocycles. The maximum absolute atomic E-state index is 12.2. The smallest absolute Gasteiger partial charge is 0.329 e. The van der Waals surface area contributed by atoms with E-state index in [0.29, 0.717) is 21.9 Å². The lowest BCUT2D eigenvalue weighted by Crippen LogP contribution is -2.32. The third-order valence-corrected chi connectivity index (χ3v) is 5.52. The lowest BCUT2D eigenvalue weighted by atomic mass is 9.96. The lowest BCUT2D eigenvalue weighted by Gasteiger charge is -2.09. The molecule has 1 aliphatic rings. The first-order valence-corrected chi connectivity index (χ1v) is 9.80. The van der Waals surface area contributed by atoms with Gasteiger partial charge in [-0.15, -0.1) is 17.8 Å². The maximum Gasteiger partial charge on any atom is 0.329 e. The quantitative estimate of drug-likeness (QED) is 0.345. The topological polar surface area (TPSA) is 104 Å². The third kappa shape index (κ3) is 4.81. The van der Waals surface area contributed by atoms with Gasteiger partial charge in [0.05, 0.1) is 11.8 Å². The van der Waals surface area contributed by atoms with Crippen molar-refractivity contribution in [3.05, 3.63) is 45.8 Å². The van der Waals surface area contributed by atoms with Crippen LogP contribution in [0.5, 0.6) is 5.75 Å². The molecule has 0 aliphatic heterocycles. The summed E-state index contributed by atoms with van der Waals surface area (Å²) < 4.78 is 5.39. The van der Waals surface area contributed by atoms with E-state index in [-0.39, 0.29) is 6.61 Å². The molecule has 8 heteroatoms. The van der Waals surface area contributed by atoms with E-state index in [1.165, 1.54) is 17.6 Å². The highest BCUT2D eigenvalue weighted by molar-refractivity contribution is 7.16. The molecule has 0 radical (unpaired) electrons. The average Bonchev–Trinajstić information content (AvgIpc) is 3.09. The van der Waals surface area contributed by atoms with Crippen LogP contribution in [0.4, 0.5) is 5.00 Å². The van der Waals surface area contributed by atoms with E-state index in [1.807, 2.05) is 0 Å². The Morgan fingerprint density at radius 3 is 2.86 bits per heavy atom. The van der Waals surface area contributed by atoms with E-state index in [1.54, 1.807) is 24.3 Å². The minimum Gasteiger partial charge on any atom is -0.480 e. The van der Waals surface area contributed by atoms with Crippen LogP contribution in [0.3, 0.4) is 0 Å². The molecule has 2 aromatic rings. The molecule has 0 spiro atoms. The van der Waals surface area contributed by atoms with Crippen molar-refractivity contribution >= 4 is 34.4 Å². The van der Waals surface area contributed by atoms with Crippen LogP contribution in [0.1, 0.15) is 34.4 Å². The Hall–Kier alpha value is -3.62. The van der Waals surface area contributed by atoms with Crippen molar-refractivity contribution in [1.29, 1.82) is 5.26 Å². The number of hydrogen-bond donors (Lipinski definition) is 2. The molecule has 2 amide bonds. The highest BCUT2D eigenvalue weighted by atomic mass is 32.1. The molecule has 0 saturated heterocycles. The van der Waals surface area contributed by atoms with Crippen molar-refractivity contribution in [2.75, 3.05) is 11.9 Å². The maximum atomic E-state index is 12.2. The van der Waals surface area contributed by atoms with Gasteiger partial charge in [0.2, 0.25) is 0 Å². The predicted molar refractivity (Wildman–Crippen MR) is 111 cm³/mol. The summed E-state index contributed by atoms with van der Waals surface area (Å²) in [6.07, 6.45) is 10.3. The van der Waals surface area contributed by atoms with Gasteiger partial charge in [0.15, 0.2) is 0 Å². The monoisotopic (exact) mass is 406 g/mol. The summed E-state index contributed by atoms with van der Waals surface area (Å²) in [5.74, 6) is 1.07. The van der Waals surface area contributed by atoms with E-state index in [2.05, 4.69) is 27.8 Å². The van der Waals surface area contributed by atoms with E-state index in [0.717, 1.165) is 36.1 Å². The summed E-state index contributed by atoms with van der Waals surface area (Å²) in [5, 5.41) is 16.2. The average molecular weight is 406 g/mol. The Kier molecular flexibility index (Phi) is 6.62. The third-order valence-electron chi connectivity index (χ3n) is 4.32. The Morgan fingerprint density at radius 2 is 2.07 bits per heavy atom. The number of amides is 2. The molecule has 0 saturated carbocycles. The van der Waals surface area contributed by atoms with Gasteiger partial charge in [0.25, 0.3) is 0 Å². The molecule has 0 fully saturated rings. The number of carbonyl (C=O) groups is 2. The number of thiophene rings is 1. The van der Waals surface area contributed by atoms with Crippen LogP contribution in [-0.2, 0) is 22.4 Å². The molecule has 29 heavy (non-hydrogen) atoms. The molecule has 1 aliphatic carbocycles.